The topological polar surface area (TPSA) is 78.5 Å². The number of rotatable bonds is 4. The highest BCUT2D eigenvalue weighted by Gasteiger charge is 2.50. The number of alkyl halides is 3. The molecule has 11 heteroatoms. The van der Waals surface area contributed by atoms with Crippen molar-refractivity contribution in [3.8, 4) is 0 Å². The average molecular weight is 444 g/mol. The minimum Gasteiger partial charge on any atom is -0.324 e. The Morgan fingerprint density at radius 1 is 1.20 bits per heavy atom. The summed E-state index contributed by atoms with van der Waals surface area (Å²) >= 11 is 5.99. The van der Waals surface area contributed by atoms with E-state index in [1.54, 1.807) is 0 Å². The van der Waals surface area contributed by atoms with E-state index in [1.807, 2.05) is 0 Å². The maximum Gasteiger partial charge on any atom is 0.418 e. The third-order valence-electron chi connectivity index (χ3n) is 4.55. The molecule has 2 aromatic carbocycles. The summed E-state index contributed by atoms with van der Waals surface area (Å²) in [6, 6.07) is 6.59. The number of nitrogens with one attached hydrogen (secondary N) is 2. The lowest BCUT2D eigenvalue weighted by Crippen LogP contribution is -2.42. The molecule has 30 heavy (non-hydrogen) atoms. The first-order valence-corrected chi connectivity index (χ1v) is 8.87. The molecule has 1 atom stereocenters. The number of urea groups is 1. The summed E-state index contributed by atoms with van der Waals surface area (Å²) in [5.74, 6) is -2.52. The molecule has 2 N–H and O–H groups in total. The van der Waals surface area contributed by atoms with Crippen LogP contribution in [0.5, 0.6) is 0 Å². The number of carbonyl (C=O) groups is 3. The zero-order chi connectivity index (χ0) is 22.3. The largest absolute Gasteiger partial charge is 0.418 e. The molecule has 0 spiro atoms. The van der Waals surface area contributed by atoms with Crippen molar-refractivity contribution in [3.63, 3.8) is 0 Å². The molecule has 158 valence electrons. The fourth-order valence-corrected chi connectivity index (χ4v) is 3.45. The van der Waals surface area contributed by atoms with Crippen LogP contribution in [0, 0.1) is 5.82 Å². The molecule has 0 saturated carbocycles. The molecule has 3 rings (SSSR count). The second kappa shape index (κ2) is 7.60. The third kappa shape index (κ3) is 3.95. The Bertz CT molecular complexity index is 1040. The molecule has 1 heterocycles. The van der Waals surface area contributed by atoms with Crippen molar-refractivity contribution >= 4 is 35.1 Å². The van der Waals surface area contributed by atoms with Crippen molar-refractivity contribution in [2.75, 3.05) is 11.9 Å². The van der Waals surface area contributed by atoms with E-state index in [2.05, 4.69) is 10.6 Å². The van der Waals surface area contributed by atoms with Gasteiger partial charge in [0.2, 0.25) is 5.91 Å². The predicted octanol–water partition coefficient (Wildman–Crippen LogP) is 3.90. The van der Waals surface area contributed by atoms with Gasteiger partial charge in [0.05, 0.1) is 11.3 Å². The van der Waals surface area contributed by atoms with Gasteiger partial charge in [-0.15, -0.1) is 0 Å². The number of imide groups is 1. The third-order valence-corrected chi connectivity index (χ3v) is 4.87. The molecular weight excluding hydrogens is 430 g/mol. The van der Waals surface area contributed by atoms with Gasteiger partial charge in [0, 0.05) is 10.6 Å². The van der Waals surface area contributed by atoms with Crippen molar-refractivity contribution in [1.82, 2.24) is 10.2 Å². The number of amides is 4. The molecule has 0 radical (unpaired) electrons. The van der Waals surface area contributed by atoms with Gasteiger partial charge in [0.15, 0.2) is 0 Å². The Kier molecular flexibility index (Phi) is 5.46. The molecule has 1 saturated heterocycles. The molecule has 0 aromatic heterocycles. The number of hydrogen-bond acceptors (Lipinski definition) is 3. The highest BCUT2D eigenvalue weighted by Crippen LogP contribution is 2.35. The Morgan fingerprint density at radius 3 is 2.50 bits per heavy atom. The molecule has 2 aromatic rings. The highest BCUT2D eigenvalue weighted by molar-refractivity contribution is 6.32. The summed E-state index contributed by atoms with van der Waals surface area (Å²) in [6.07, 6.45) is -4.71. The average Bonchev–Trinajstić information content (AvgIpc) is 2.85. The van der Waals surface area contributed by atoms with Crippen LogP contribution in [0.2, 0.25) is 5.02 Å². The Morgan fingerprint density at radius 2 is 1.87 bits per heavy atom. The summed E-state index contributed by atoms with van der Waals surface area (Å²) in [5, 5.41) is 4.33. The highest BCUT2D eigenvalue weighted by atomic mass is 35.5. The van der Waals surface area contributed by atoms with Gasteiger partial charge in [-0.1, -0.05) is 29.8 Å². The van der Waals surface area contributed by atoms with Crippen molar-refractivity contribution in [2.45, 2.75) is 18.6 Å². The Balaban J connectivity index is 1.80. The normalized spacial score (nSPS) is 19.1. The van der Waals surface area contributed by atoms with Crippen LogP contribution in [-0.4, -0.2) is 29.3 Å². The SMILES string of the molecule is CC1(c2ccc(F)cc2Cl)NC(=O)N(CC(=O)Nc2ccccc2C(F)(F)F)C1=O. The van der Waals surface area contributed by atoms with Gasteiger partial charge >= 0.3 is 12.2 Å². The Labute approximate surface area is 172 Å². The van der Waals surface area contributed by atoms with Crippen molar-refractivity contribution in [3.05, 3.63) is 64.4 Å². The van der Waals surface area contributed by atoms with Crippen molar-refractivity contribution in [2.24, 2.45) is 0 Å². The van der Waals surface area contributed by atoms with Gasteiger partial charge in [0.25, 0.3) is 5.91 Å². The first-order valence-electron chi connectivity index (χ1n) is 8.49. The molecule has 1 unspecified atom stereocenters. The second-order valence-corrected chi connectivity index (χ2v) is 7.07. The van der Waals surface area contributed by atoms with E-state index in [-0.39, 0.29) is 10.6 Å². The minimum atomic E-state index is -4.71. The van der Waals surface area contributed by atoms with E-state index in [9.17, 15) is 31.9 Å². The zero-order valence-electron chi connectivity index (χ0n) is 15.3. The van der Waals surface area contributed by atoms with Crippen LogP contribution >= 0.6 is 11.6 Å². The van der Waals surface area contributed by atoms with Crippen LogP contribution in [0.25, 0.3) is 0 Å². The van der Waals surface area contributed by atoms with Crippen LogP contribution in [0.1, 0.15) is 18.1 Å². The predicted molar refractivity (Wildman–Crippen MR) is 99.1 cm³/mol. The summed E-state index contributed by atoms with van der Waals surface area (Å²) < 4.78 is 52.5. The monoisotopic (exact) mass is 443 g/mol. The second-order valence-electron chi connectivity index (χ2n) is 6.66. The molecule has 0 bridgehead atoms. The molecular formula is C19H14ClF4N3O3. The van der Waals surface area contributed by atoms with E-state index in [0.29, 0.717) is 4.90 Å². The number of para-hydroxylation sites is 1. The lowest BCUT2D eigenvalue weighted by atomic mass is 9.92. The summed E-state index contributed by atoms with van der Waals surface area (Å²) in [5.41, 5.74) is -3.15. The Hall–Kier alpha value is -3.14. The van der Waals surface area contributed by atoms with E-state index < -0.39 is 53.2 Å². The molecule has 0 aliphatic carbocycles. The summed E-state index contributed by atoms with van der Waals surface area (Å²) in [6.45, 7) is 0.495. The van der Waals surface area contributed by atoms with Gasteiger partial charge in [-0.2, -0.15) is 13.2 Å². The molecule has 1 aliphatic heterocycles. The van der Waals surface area contributed by atoms with Gasteiger partial charge in [-0.25, -0.2) is 9.18 Å². The first kappa shape index (κ1) is 21.6. The zero-order valence-corrected chi connectivity index (χ0v) is 16.1. The standard InChI is InChI=1S/C19H14ClF4N3O3/c1-18(11-7-6-10(21)8-13(11)20)16(29)27(17(30)26-18)9-15(28)25-14-5-3-2-4-12(14)19(22,23)24/h2-8H,9H2,1H3,(H,25,28)(H,26,30). The van der Waals surface area contributed by atoms with Gasteiger partial charge < -0.3 is 10.6 Å². The lowest BCUT2D eigenvalue weighted by Gasteiger charge is -2.23. The van der Waals surface area contributed by atoms with Crippen LogP contribution in [-0.2, 0) is 21.3 Å². The fourth-order valence-electron chi connectivity index (χ4n) is 3.09. The molecule has 6 nitrogen and oxygen atoms in total. The number of benzene rings is 2. The van der Waals surface area contributed by atoms with E-state index in [1.165, 1.54) is 19.1 Å². The number of nitrogens with zero attached hydrogens (tertiary/aromatic N) is 1. The van der Waals surface area contributed by atoms with Gasteiger partial charge in [-0.05, 0) is 31.2 Å². The first-order chi connectivity index (χ1) is 13.9. The number of halogens is 5. The number of hydrogen-bond donors (Lipinski definition) is 2. The van der Waals surface area contributed by atoms with E-state index in [4.69, 9.17) is 11.6 Å². The van der Waals surface area contributed by atoms with Crippen LogP contribution < -0.4 is 10.6 Å². The van der Waals surface area contributed by atoms with Gasteiger partial charge in [-0.3, -0.25) is 14.5 Å². The maximum absolute atomic E-state index is 13.3. The van der Waals surface area contributed by atoms with Crippen molar-refractivity contribution < 1.29 is 31.9 Å². The molecule has 1 aliphatic rings. The summed E-state index contributed by atoms with van der Waals surface area (Å²) in [4.78, 5) is 37.9. The van der Waals surface area contributed by atoms with Crippen LogP contribution in [0.4, 0.5) is 28.0 Å². The smallest absolute Gasteiger partial charge is 0.324 e. The van der Waals surface area contributed by atoms with Crippen LogP contribution in [0.15, 0.2) is 42.5 Å². The van der Waals surface area contributed by atoms with Crippen LogP contribution in [0.3, 0.4) is 0 Å². The number of anilines is 1. The van der Waals surface area contributed by atoms with E-state index >= 15 is 0 Å². The quantitative estimate of drug-likeness (QED) is 0.555. The minimum absolute atomic E-state index is 0.106. The lowest BCUT2D eigenvalue weighted by molar-refractivity contribution is -0.137. The maximum atomic E-state index is 13.3. The molecule has 4 amide bonds. The summed E-state index contributed by atoms with van der Waals surface area (Å²) in [7, 11) is 0. The van der Waals surface area contributed by atoms with E-state index in [0.717, 1.165) is 30.3 Å². The fraction of sp³-hybridized carbons (Fsp3) is 0.211. The number of carbonyl (C=O) groups excluding carboxylic acids is 3. The van der Waals surface area contributed by atoms with Crippen molar-refractivity contribution in [1.29, 1.82) is 0 Å². The van der Waals surface area contributed by atoms with Gasteiger partial charge in [0.1, 0.15) is 17.9 Å². The molecule has 1 fully saturated rings.